The Bertz CT molecular complexity index is 1010. The van der Waals surface area contributed by atoms with Gasteiger partial charge in [0.05, 0.1) is 11.1 Å². The van der Waals surface area contributed by atoms with Crippen LogP contribution in [0.4, 0.5) is 11.5 Å². The van der Waals surface area contributed by atoms with Gasteiger partial charge in [-0.15, -0.1) is 11.3 Å². The molecule has 134 valence electrons. The highest BCUT2D eigenvalue weighted by molar-refractivity contribution is 7.99. The SMILES string of the molecule is CC(=O)c1cccc(NC(=O)CSc2nc(N)c3c(C)c(C)sc3n2)c1. The van der Waals surface area contributed by atoms with Crippen molar-refractivity contribution in [2.75, 3.05) is 16.8 Å². The van der Waals surface area contributed by atoms with Crippen molar-refractivity contribution in [3.63, 3.8) is 0 Å². The number of nitrogens with two attached hydrogens (primary N) is 1. The van der Waals surface area contributed by atoms with E-state index in [9.17, 15) is 9.59 Å². The number of aryl methyl sites for hydroxylation is 2. The van der Waals surface area contributed by atoms with E-state index >= 15 is 0 Å². The van der Waals surface area contributed by atoms with Gasteiger partial charge >= 0.3 is 0 Å². The number of nitrogens with one attached hydrogen (secondary N) is 1. The molecule has 8 heteroatoms. The van der Waals surface area contributed by atoms with E-state index in [1.54, 1.807) is 35.6 Å². The Morgan fingerprint density at radius 1 is 1.27 bits per heavy atom. The third-order valence-corrected chi connectivity index (χ3v) is 5.87. The van der Waals surface area contributed by atoms with Crippen LogP contribution in [0.1, 0.15) is 27.7 Å². The number of hydrogen-bond donors (Lipinski definition) is 2. The highest BCUT2D eigenvalue weighted by Gasteiger charge is 2.14. The minimum atomic E-state index is -0.198. The Hall–Kier alpha value is -2.45. The summed E-state index contributed by atoms with van der Waals surface area (Å²) in [6.07, 6.45) is 0. The zero-order valence-corrected chi connectivity index (χ0v) is 16.3. The van der Waals surface area contributed by atoms with E-state index in [1.807, 2.05) is 13.8 Å². The predicted octanol–water partition coefficient (Wildman–Crippen LogP) is 3.82. The number of aromatic nitrogens is 2. The number of thiophene rings is 1. The summed E-state index contributed by atoms with van der Waals surface area (Å²) in [5, 5.41) is 4.14. The lowest BCUT2D eigenvalue weighted by Crippen LogP contribution is -2.14. The molecule has 1 aromatic carbocycles. The van der Waals surface area contributed by atoms with Gasteiger partial charge in [0.1, 0.15) is 10.6 Å². The normalized spacial score (nSPS) is 10.9. The maximum absolute atomic E-state index is 12.2. The van der Waals surface area contributed by atoms with Gasteiger partial charge in [0.25, 0.3) is 0 Å². The van der Waals surface area contributed by atoms with Gasteiger partial charge in [0.2, 0.25) is 5.91 Å². The van der Waals surface area contributed by atoms with Gasteiger partial charge in [-0.25, -0.2) is 9.97 Å². The van der Waals surface area contributed by atoms with Gasteiger partial charge in [-0.3, -0.25) is 9.59 Å². The number of rotatable bonds is 5. The lowest BCUT2D eigenvalue weighted by molar-refractivity contribution is -0.113. The molecule has 0 atom stereocenters. The van der Waals surface area contributed by atoms with Gasteiger partial charge < -0.3 is 11.1 Å². The molecule has 3 aromatic rings. The van der Waals surface area contributed by atoms with Crippen LogP contribution in [0.15, 0.2) is 29.4 Å². The predicted molar refractivity (Wildman–Crippen MR) is 107 cm³/mol. The molecular formula is C18H18N4O2S2. The van der Waals surface area contributed by atoms with Crippen molar-refractivity contribution in [3.05, 3.63) is 40.3 Å². The van der Waals surface area contributed by atoms with Crippen LogP contribution in [0.2, 0.25) is 0 Å². The van der Waals surface area contributed by atoms with Gasteiger partial charge in [0, 0.05) is 16.1 Å². The van der Waals surface area contributed by atoms with Crippen LogP contribution in [0.5, 0.6) is 0 Å². The van der Waals surface area contributed by atoms with Crippen molar-refractivity contribution in [3.8, 4) is 0 Å². The number of ketones is 1. The highest BCUT2D eigenvalue weighted by atomic mass is 32.2. The number of fused-ring (bicyclic) bond motifs is 1. The number of carbonyl (C=O) groups excluding carboxylic acids is 2. The Balaban J connectivity index is 1.69. The maximum Gasteiger partial charge on any atom is 0.234 e. The lowest BCUT2D eigenvalue weighted by Gasteiger charge is -2.06. The maximum atomic E-state index is 12.2. The average molecular weight is 387 g/mol. The van der Waals surface area contributed by atoms with Crippen molar-refractivity contribution in [1.82, 2.24) is 9.97 Å². The third kappa shape index (κ3) is 3.86. The average Bonchev–Trinajstić information content (AvgIpc) is 2.88. The van der Waals surface area contributed by atoms with Gasteiger partial charge in [0.15, 0.2) is 10.9 Å². The summed E-state index contributed by atoms with van der Waals surface area (Å²) in [5.74, 6) is 0.345. The largest absolute Gasteiger partial charge is 0.383 e. The number of hydrogen-bond acceptors (Lipinski definition) is 7. The second-order valence-electron chi connectivity index (χ2n) is 5.83. The summed E-state index contributed by atoms with van der Waals surface area (Å²) in [4.78, 5) is 34.4. The number of nitrogens with zero attached hydrogens (tertiary/aromatic N) is 2. The molecule has 1 amide bonds. The molecule has 0 aliphatic carbocycles. The second-order valence-corrected chi connectivity index (χ2v) is 7.97. The number of benzene rings is 1. The first-order valence-electron chi connectivity index (χ1n) is 7.92. The summed E-state index contributed by atoms with van der Waals surface area (Å²) < 4.78 is 0. The van der Waals surface area contributed by atoms with Crippen molar-refractivity contribution < 1.29 is 9.59 Å². The molecule has 3 rings (SSSR count). The van der Waals surface area contributed by atoms with Crippen molar-refractivity contribution in [2.45, 2.75) is 25.9 Å². The first kappa shape index (κ1) is 18.3. The minimum Gasteiger partial charge on any atom is -0.383 e. The van der Waals surface area contributed by atoms with E-state index in [1.165, 1.54) is 18.7 Å². The number of nitrogen functional groups attached to an aromatic ring is 1. The zero-order valence-electron chi connectivity index (χ0n) is 14.6. The summed E-state index contributed by atoms with van der Waals surface area (Å²) in [6, 6.07) is 6.84. The smallest absolute Gasteiger partial charge is 0.234 e. The molecule has 3 N–H and O–H groups in total. The molecule has 0 aliphatic heterocycles. The van der Waals surface area contributed by atoms with Crippen molar-refractivity contribution >= 4 is 56.5 Å². The highest BCUT2D eigenvalue weighted by Crippen LogP contribution is 2.33. The first-order valence-corrected chi connectivity index (χ1v) is 9.72. The fraction of sp³-hybridized carbons (Fsp3) is 0.222. The number of amides is 1. The molecule has 26 heavy (non-hydrogen) atoms. The summed E-state index contributed by atoms with van der Waals surface area (Å²) >= 11 is 2.80. The molecule has 0 radical (unpaired) electrons. The van der Waals surface area contributed by atoms with Crippen molar-refractivity contribution in [1.29, 1.82) is 0 Å². The molecule has 0 saturated heterocycles. The topological polar surface area (TPSA) is 98.0 Å². The number of Topliss-reactive ketones (excluding diaryl/α,β-unsaturated/α-hetero) is 1. The molecule has 0 spiro atoms. The molecule has 0 fully saturated rings. The Morgan fingerprint density at radius 2 is 2.04 bits per heavy atom. The van der Waals surface area contributed by atoms with E-state index in [0.717, 1.165) is 20.7 Å². The molecule has 2 aromatic heterocycles. The van der Waals surface area contributed by atoms with E-state index in [0.29, 0.717) is 22.2 Å². The molecular weight excluding hydrogens is 368 g/mol. The van der Waals surface area contributed by atoms with E-state index in [2.05, 4.69) is 15.3 Å². The van der Waals surface area contributed by atoms with Crippen LogP contribution in [-0.4, -0.2) is 27.4 Å². The van der Waals surface area contributed by atoms with Gasteiger partial charge in [-0.05, 0) is 38.5 Å². The van der Waals surface area contributed by atoms with Gasteiger partial charge in [-0.2, -0.15) is 0 Å². The summed E-state index contributed by atoms with van der Waals surface area (Å²) in [6.45, 7) is 5.52. The fourth-order valence-electron chi connectivity index (χ4n) is 2.47. The van der Waals surface area contributed by atoms with Crippen LogP contribution in [0.25, 0.3) is 10.2 Å². The van der Waals surface area contributed by atoms with Gasteiger partial charge in [-0.1, -0.05) is 23.9 Å². The fourth-order valence-corrected chi connectivity index (χ4v) is 4.21. The molecule has 0 aliphatic rings. The molecule has 0 unspecified atom stereocenters. The Labute approximate surface area is 159 Å². The Kier molecular flexibility index (Phi) is 5.24. The van der Waals surface area contributed by atoms with Crippen molar-refractivity contribution in [2.24, 2.45) is 0 Å². The Morgan fingerprint density at radius 3 is 2.77 bits per heavy atom. The monoisotopic (exact) mass is 386 g/mol. The number of anilines is 2. The van der Waals surface area contributed by atoms with Crippen LogP contribution in [0, 0.1) is 13.8 Å². The molecule has 2 heterocycles. The molecule has 6 nitrogen and oxygen atoms in total. The quantitative estimate of drug-likeness (QED) is 0.393. The minimum absolute atomic E-state index is 0.0470. The molecule has 0 saturated carbocycles. The van der Waals surface area contributed by atoms with Crippen LogP contribution < -0.4 is 11.1 Å². The second kappa shape index (κ2) is 7.43. The van der Waals surface area contributed by atoms with Crippen LogP contribution >= 0.6 is 23.1 Å². The lowest BCUT2D eigenvalue weighted by atomic mass is 10.1. The van der Waals surface area contributed by atoms with Crippen LogP contribution in [0.3, 0.4) is 0 Å². The summed E-state index contributed by atoms with van der Waals surface area (Å²) in [5.41, 5.74) is 8.30. The van der Waals surface area contributed by atoms with E-state index < -0.39 is 0 Å². The number of thioether (sulfide) groups is 1. The standard InChI is InChI=1S/C18H18N4O2S2/c1-9-11(3)26-17-15(9)16(19)21-18(22-17)25-8-14(24)20-13-6-4-5-12(7-13)10(2)23/h4-7H,8H2,1-3H3,(H,20,24)(H2,19,21,22). The molecule has 0 bridgehead atoms. The summed E-state index contributed by atoms with van der Waals surface area (Å²) in [7, 11) is 0. The zero-order chi connectivity index (χ0) is 18.8. The number of carbonyl (C=O) groups is 2. The van der Waals surface area contributed by atoms with Crippen LogP contribution in [-0.2, 0) is 4.79 Å². The van der Waals surface area contributed by atoms with E-state index in [-0.39, 0.29) is 17.4 Å². The van der Waals surface area contributed by atoms with E-state index in [4.69, 9.17) is 5.73 Å². The first-order chi connectivity index (χ1) is 12.3. The third-order valence-electron chi connectivity index (χ3n) is 3.92.